The van der Waals surface area contributed by atoms with E-state index in [-0.39, 0.29) is 17.9 Å². The molecule has 5 aromatic rings. The Bertz CT molecular complexity index is 1680. The Labute approximate surface area is 210 Å². The van der Waals surface area contributed by atoms with E-state index in [1.165, 1.54) is 35.4 Å². The van der Waals surface area contributed by atoms with E-state index in [0.717, 1.165) is 11.3 Å². The van der Waals surface area contributed by atoms with Crippen molar-refractivity contribution in [2.24, 2.45) is 0 Å². The van der Waals surface area contributed by atoms with E-state index in [0.29, 0.717) is 47.2 Å². The highest BCUT2D eigenvalue weighted by molar-refractivity contribution is 6.45. The molecular weight excluding hydrogens is 476 g/mol. The summed E-state index contributed by atoms with van der Waals surface area (Å²) in [5.41, 5.74) is 2.36. The molecule has 1 aliphatic rings. The van der Waals surface area contributed by atoms with Gasteiger partial charge in [0.15, 0.2) is 5.82 Å². The van der Waals surface area contributed by atoms with Crippen LogP contribution in [0.25, 0.3) is 28.0 Å². The summed E-state index contributed by atoms with van der Waals surface area (Å²) in [5.74, 6) is 0.892. The largest absolute Gasteiger partial charge is 0.508 e. The number of ether oxygens (including phenoxy) is 1. The van der Waals surface area contributed by atoms with Crippen LogP contribution in [-0.4, -0.2) is 69.6 Å². The van der Waals surface area contributed by atoms with Crippen molar-refractivity contribution in [1.82, 2.24) is 39.2 Å². The minimum absolute atomic E-state index is 0.165. The number of hydrogen-bond acceptors (Lipinski definition) is 8. The van der Waals surface area contributed by atoms with E-state index >= 15 is 0 Å². The lowest BCUT2D eigenvalue weighted by atomic mass is 10.1. The quantitative estimate of drug-likeness (QED) is 0.277. The molecule has 0 aliphatic carbocycles. The molecule has 0 saturated heterocycles. The second-order valence-corrected chi connectivity index (χ2v) is 8.66. The smallest absolute Gasteiger partial charge is 0.295 e. The zero-order valence-corrected chi connectivity index (χ0v) is 20.0. The fourth-order valence-electron chi connectivity index (χ4n) is 4.65. The fourth-order valence-corrected chi connectivity index (χ4v) is 4.65. The van der Waals surface area contributed by atoms with Crippen LogP contribution in [-0.2, 0) is 17.9 Å². The average molecular weight is 499 g/mol. The van der Waals surface area contributed by atoms with Crippen molar-refractivity contribution in [1.29, 1.82) is 0 Å². The van der Waals surface area contributed by atoms with Gasteiger partial charge < -0.3 is 24.3 Å². The number of methoxy groups -OCH3 is 1. The molecule has 1 aliphatic heterocycles. The second kappa shape index (κ2) is 8.59. The van der Waals surface area contributed by atoms with E-state index in [1.54, 1.807) is 31.3 Å². The number of fused-ring (bicyclic) bond motifs is 2. The Kier molecular flexibility index (Phi) is 5.21. The van der Waals surface area contributed by atoms with Gasteiger partial charge in [0, 0.05) is 24.8 Å². The van der Waals surface area contributed by atoms with Crippen molar-refractivity contribution >= 4 is 22.6 Å². The maximum atomic E-state index is 13.4. The second-order valence-electron chi connectivity index (χ2n) is 8.66. The van der Waals surface area contributed by atoms with Crippen LogP contribution < -0.4 is 4.74 Å². The summed E-state index contributed by atoms with van der Waals surface area (Å²) in [4.78, 5) is 44.3. The molecule has 0 radical (unpaired) electrons. The van der Waals surface area contributed by atoms with Gasteiger partial charge >= 0.3 is 0 Å². The third-order valence-corrected chi connectivity index (χ3v) is 6.43. The molecule has 6 rings (SSSR count). The standard InChI is InChI=1S/C25H22N8O4/c1-14-29-13-33(30-14)24-22-21(19(37-2)11-28-24)17(9-27-22)23(35)25(36)31-6-7-32-18(10-26-20(32)12-31)15-4-3-5-16(34)8-15/h3-5,8-11,13,27,34H,6-7,12H2,1-2H3. The van der Waals surface area contributed by atoms with E-state index < -0.39 is 11.7 Å². The molecule has 37 heavy (non-hydrogen) atoms. The van der Waals surface area contributed by atoms with Gasteiger partial charge in [-0.05, 0) is 19.1 Å². The van der Waals surface area contributed by atoms with E-state index in [4.69, 9.17) is 4.74 Å². The molecule has 0 bridgehead atoms. The number of ketones is 1. The number of amides is 1. The van der Waals surface area contributed by atoms with Gasteiger partial charge in [0.25, 0.3) is 11.7 Å². The molecule has 2 N–H and O–H groups in total. The SMILES string of the molecule is COc1cnc(-n2cnc(C)n2)c2[nH]cc(C(=O)C(=O)N3CCn4c(-c5cccc(O)c5)cnc4C3)c12. The van der Waals surface area contributed by atoms with Gasteiger partial charge in [-0.3, -0.25) is 9.59 Å². The average Bonchev–Trinajstić information content (AvgIpc) is 3.65. The van der Waals surface area contributed by atoms with E-state index in [1.807, 2.05) is 10.6 Å². The molecule has 0 fully saturated rings. The van der Waals surface area contributed by atoms with Crippen molar-refractivity contribution in [2.45, 2.75) is 20.0 Å². The topological polar surface area (TPSA) is 144 Å². The van der Waals surface area contributed by atoms with Crippen LogP contribution in [0.15, 0.2) is 49.2 Å². The summed E-state index contributed by atoms with van der Waals surface area (Å²) >= 11 is 0. The Balaban J connectivity index is 1.30. The molecule has 0 saturated carbocycles. The third-order valence-electron chi connectivity index (χ3n) is 6.43. The van der Waals surface area contributed by atoms with Gasteiger partial charge in [-0.25, -0.2) is 19.6 Å². The number of carbonyl (C=O) groups excluding carboxylic acids is 2. The summed E-state index contributed by atoms with van der Waals surface area (Å²) in [5, 5.41) is 14.6. The molecule has 1 amide bonds. The predicted molar refractivity (Wildman–Crippen MR) is 131 cm³/mol. The molecule has 1 aromatic carbocycles. The van der Waals surface area contributed by atoms with Gasteiger partial charge in [0.1, 0.15) is 29.5 Å². The number of H-pyrrole nitrogens is 1. The number of hydrogen-bond donors (Lipinski definition) is 2. The molecular formula is C25H22N8O4. The number of carbonyl (C=O) groups is 2. The first-order valence-electron chi connectivity index (χ1n) is 11.5. The van der Waals surface area contributed by atoms with Crippen LogP contribution in [0.5, 0.6) is 11.5 Å². The minimum atomic E-state index is -0.662. The van der Waals surface area contributed by atoms with Gasteiger partial charge in [0.05, 0.1) is 48.2 Å². The summed E-state index contributed by atoms with van der Waals surface area (Å²) in [7, 11) is 1.48. The maximum absolute atomic E-state index is 13.4. The van der Waals surface area contributed by atoms with Crippen molar-refractivity contribution < 1.29 is 19.4 Å². The number of phenols is 1. The number of pyridine rings is 1. The molecule has 0 atom stereocenters. The highest BCUT2D eigenvalue weighted by Crippen LogP contribution is 2.32. The number of aromatic hydroxyl groups is 1. The van der Waals surface area contributed by atoms with Crippen LogP contribution in [0.2, 0.25) is 0 Å². The lowest BCUT2D eigenvalue weighted by Gasteiger charge is -2.28. The van der Waals surface area contributed by atoms with E-state index in [9.17, 15) is 14.7 Å². The number of phenolic OH excluding ortho intramolecular Hbond substituents is 1. The molecule has 5 heterocycles. The lowest BCUT2D eigenvalue weighted by Crippen LogP contribution is -2.42. The van der Waals surface area contributed by atoms with Crippen molar-refractivity contribution in [2.75, 3.05) is 13.7 Å². The number of aromatic amines is 1. The zero-order valence-electron chi connectivity index (χ0n) is 20.0. The summed E-state index contributed by atoms with van der Waals surface area (Å²) in [6.07, 6.45) is 6.22. The first-order chi connectivity index (χ1) is 17.9. The normalized spacial score (nSPS) is 13.1. The molecule has 4 aromatic heterocycles. The fraction of sp³-hybridized carbons (Fsp3) is 0.200. The minimum Gasteiger partial charge on any atom is -0.508 e. The summed E-state index contributed by atoms with van der Waals surface area (Å²) in [6, 6.07) is 6.93. The lowest BCUT2D eigenvalue weighted by molar-refractivity contribution is -0.127. The number of imidazole rings is 1. The van der Waals surface area contributed by atoms with Gasteiger partial charge in [-0.2, -0.15) is 5.10 Å². The Hall–Kier alpha value is -5.00. The van der Waals surface area contributed by atoms with Crippen LogP contribution in [0.3, 0.4) is 0 Å². The third kappa shape index (κ3) is 3.69. The summed E-state index contributed by atoms with van der Waals surface area (Å²) in [6.45, 7) is 2.75. The van der Waals surface area contributed by atoms with Gasteiger partial charge in [-0.1, -0.05) is 12.1 Å². The number of aromatic nitrogens is 7. The van der Waals surface area contributed by atoms with Crippen LogP contribution in [0, 0.1) is 6.92 Å². The van der Waals surface area contributed by atoms with Crippen LogP contribution in [0.1, 0.15) is 22.0 Å². The van der Waals surface area contributed by atoms with Gasteiger partial charge in [0.2, 0.25) is 0 Å². The number of benzene rings is 1. The first kappa shape index (κ1) is 22.5. The number of rotatable bonds is 5. The van der Waals surface area contributed by atoms with Crippen molar-refractivity contribution in [3.8, 4) is 28.6 Å². The number of aryl methyl sites for hydroxylation is 1. The molecule has 0 unspecified atom stereocenters. The Morgan fingerprint density at radius 1 is 1.14 bits per heavy atom. The monoisotopic (exact) mass is 498 g/mol. The Morgan fingerprint density at radius 2 is 2.00 bits per heavy atom. The molecule has 186 valence electrons. The number of Topliss-reactive ketones (excluding diaryl/α,β-unsaturated/α-hetero) is 1. The number of nitrogens with zero attached hydrogens (tertiary/aromatic N) is 7. The summed E-state index contributed by atoms with van der Waals surface area (Å²) < 4.78 is 8.96. The molecule has 12 nitrogen and oxygen atoms in total. The zero-order chi connectivity index (χ0) is 25.7. The predicted octanol–water partition coefficient (Wildman–Crippen LogP) is 2.25. The first-order valence-corrected chi connectivity index (χ1v) is 11.5. The highest BCUT2D eigenvalue weighted by atomic mass is 16.5. The van der Waals surface area contributed by atoms with Gasteiger partial charge in [-0.15, -0.1) is 0 Å². The van der Waals surface area contributed by atoms with Crippen LogP contribution >= 0.6 is 0 Å². The molecule has 12 heteroatoms. The van der Waals surface area contributed by atoms with Crippen LogP contribution in [0.4, 0.5) is 0 Å². The van der Waals surface area contributed by atoms with E-state index in [2.05, 4.69) is 25.0 Å². The Morgan fingerprint density at radius 3 is 2.76 bits per heavy atom. The van der Waals surface area contributed by atoms with Crippen molar-refractivity contribution in [3.05, 3.63) is 66.4 Å². The molecule has 0 spiro atoms. The number of nitrogens with one attached hydrogen (secondary N) is 1. The van der Waals surface area contributed by atoms with Crippen molar-refractivity contribution in [3.63, 3.8) is 0 Å². The maximum Gasteiger partial charge on any atom is 0.295 e. The highest BCUT2D eigenvalue weighted by Gasteiger charge is 2.31.